The van der Waals surface area contributed by atoms with Gasteiger partial charge in [0.25, 0.3) is 5.91 Å². The highest BCUT2D eigenvalue weighted by molar-refractivity contribution is 7.89. The first-order valence-corrected chi connectivity index (χ1v) is 9.25. The predicted molar refractivity (Wildman–Crippen MR) is 90.6 cm³/mol. The summed E-state index contributed by atoms with van der Waals surface area (Å²) in [6.45, 7) is 0. The molecule has 3 rings (SSSR count). The van der Waals surface area contributed by atoms with Crippen molar-refractivity contribution in [1.29, 1.82) is 0 Å². The number of hydrogen-bond acceptors (Lipinski definition) is 4. The first-order chi connectivity index (χ1) is 12.3. The molecule has 0 heterocycles. The predicted octanol–water partition coefficient (Wildman–Crippen LogP) is 2.67. The zero-order chi connectivity index (χ0) is 18.9. The molecular weight excluding hydrogens is 366 g/mol. The second-order valence-electron chi connectivity index (χ2n) is 5.84. The highest BCUT2D eigenvalue weighted by Crippen LogP contribution is 2.29. The molecule has 1 amide bonds. The third-order valence-corrected chi connectivity index (χ3v) is 5.32. The van der Waals surface area contributed by atoms with Gasteiger partial charge in [-0.25, -0.2) is 21.9 Å². The van der Waals surface area contributed by atoms with Crippen LogP contribution in [-0.2, 0) is 10.0 Å². The molecule has 0 aromatic heterocycles. The number of benzene rings is 2. The van der Waals surface area contributed by atoms with Gasteiger partial charge in [-0.1, -0.05) is 0 Å². The fourth-order valence-corrected chi connectivity index (χ4v) is 3.63. The van der Waals surface area contributed by atoms with Crippen LogP contribution in [0.3, 0.4) is 0 Å². The molecule has 0 atom stereocenters. The van der Waals surface area contributed by atoms with Crippen LogP contribution in [-0.4, -0.2) is 27.5 Å². The molecule has 0 aliphatic heterocycles. The van der Waals surface area contributed by atoms with Gasteiger partial charge in [0.05, 0.1) is 23.3 Å². The van der Waals surface area contributed by atoms with Crippen molar-refractivity contribution in [3.05, 3.63) is 53.6 Å². The molecule has 1 aliphatic rings. The van der Waals surface area contributed by atoms with E-state index in [0.29, 0.717) is 0 Å². The molecule has 26 heavy (non-hydrogen) atoms. The summed E-state index contributed by atoms with van der Waals surface area (Å²) >= 11 is 0. The fourth-order valence-electron chi connectivity index (χ4n) is 2.30. The Kier molecular flexibility index (Phi) is 4.92. The van der Waals surface area contributed by atoms with E-state index in [0.717, 1.165) is 31.0 Å². The highest BCUT2D eigenvalue weighted by Gasteiger charge is 2.28. The number of carbonyl (C=O) groups is 1. The van der Waals surface area contributed by atoms with E-state index in [1.54, 1.807) is 0 Å². The van der Waals surface area contributed by atoms with Crippen molar-refractivity contribution in [2.45, 2.75) is 23.8 Å². The average molecular weight is 382 g/mol. The molecule has 6 nitrogen and oxygen atoms in total. The molecule has 0 radical (unpaired) electrons. The molecule has 138 valence electrons. The minimum atomic E-state index is -3.75. The minimum Gasteiger partial charge on any atom is -0.495 e. The maximum atomic E-state index is 13.8. The topological polar surface area (TPSA) is 84.5 Å². The number of methoxy groups -OCH3 is 1. The fraction of sp³-hybridized carbons (Fsp3) is 0.235. The third-order valence-electron chi connectivity index (χ3n) is 3.80. The standard InChI is InChI=1S/C17H16F2N2O4S/c1-25-16-7-5-12(26(23,24)21-11-3-4-11)9-15(16)20-17(22)13-8-10(18)2-6-14(13)19/h2,5-9,11,21H,3-4H2,1H3,(H,20,22). The van der Waals surface area contributed by atoms with Gasteiger partial charge >= 0.3 is 0 Å². The number of amides is 1. The molecule has 1 fully saturated rings. The zero-order valence-electron chi connectivity index (χ0n) is 13.8. The Morgan fingerprint density at radius 1 is 1.15 bits per heavy atom. The number of rotatable bonds is 6. The SMILES string of the molecule is COc1ccc(S(=O)(=O)NC2CC2)cc1NC(=O)c1cc(F)ccc1F. The Hall–Kier alpha value is -2.52. The summed E-state index contributed by atoms with van der Waals surface area (Å²) in [6, 6.07) is 6.32. The van der Waals surface area contributed by atoms with Crippen molar-refractivity contribution >= 4 is 21.6 Å². The Bertz CT molecular complexity index is 959. The maximum absolute atomic E-state index is 13.8. The van der Waals surface area contributed by atoms with Crippen LogP contribution in [0.15, 0.2) is 41.3 Å². The molecule has 9 heteroatoms. The number of carbonyl (C=O) groups excluding carboxylic acids is 1. The number of sulfonamides is 1. The highest BCUT2D eigenvalue weighted by atomic mass is 32.2. The van der Waals surface area contributed by atoms with Crippen molar-refractivity contribution < 1.29 is 26.7 Å². The molecule has 1 saturated carbocycles. The normalized spacial score (nSPS) is 14.1. The molecule has 0 bridgehead atoms. The van der Waals surface area contributed by atoms with Crippen LogP contribution in [0.4, 0.5) is 14.5 Å². The molecule has 0 unspecified atom stereocenters. The van der Waals surface area contributed by atoms with Crippen LogP contribution >= 0.6 is 0 Å². The van der Waals surface area contributed by atoms with Crippen LogP contribution < -0.4 is 14.8 Å². The van der Waals surface area contributed by atoms with E-state index in [4.69, 9.17) is 4.74 Å². The van der Waals surface area contributed by atoms with E-state index in [2.05, 4.69) is 10.0 Å². The Morgan fingerprint density at radius 2 is 1.88 bits per heavy atom. The number of ether oxygens (including phenoxy) is 1. The molecule has 1 aliphatic carbocycles. The van der Waals surface area contributed by atoms with Gasteiger partial charge in [-0.2, -0.15) is 0 Å². The average Bonchev–Trinajstić information content (AvgIpc) is 3.40. The van der Waals surface area contributed by atoms with Crippen LogP contribution in [0.2, 0.25) is 0 Å². The van der Waals surface area contributed by atoms with Crippen molar-refractivity contribution in [1.82, 2.24) is 4.72 Å². The van der Waals surface area contributed by atoms with Gasteiger partial charge in [0, 0.05) is 6.04 Å². The Morgan fingerprint density at radius 3 is 2.54 bits per heavy atom. The van der Waals surface area contributed by atoms with Gasteiger partial charge in [-0.3, -0.25) is 4.79 Å². The lowest BCUT2D eigenvalue weighted by Gasteiger charge is -2.13. The molecule has 2 N–H and O–H groups in total. The largest absolute Gasteiger partial charge is 0.495 e. The summed E-state index contributed by atoms with van der Waals surface area (Å²) in [7, 11) is -2.41. The molecule has 0 spiro atoms. The van der Waals surface area contributed by atoms with Gasteiger partial charge in [0.1, 0.15) is 17.4 Å². The van der Waals surface area contributed by atoms with Crippen molar-refractivity contribution in [2.75, 3.05) is 12.4 Å². The number of hydrogen-bond donors (Lipinski definition) is 2. The first kappa shape index (κ1) is 18.3. The summed E-state index contributed by atoms with van der Waals surface area (Å²) in [5, 5.41) is 2.36. The third kappa shape index (κ3) is 4.00. The van der Waals surface area contributed by atoms with Crippen LogP contribution in [0.5, 0.6) is 5.75 Å². The van der Waals surface area contributed by atoms with E-state index in [1.165, 1.54) is 25.3 Å². The summed E-state index contributed by atoms with van der Waals surface area (Å²) < 4.78 is 59.3. The molecule has 0 saturated heterocycles. The van der Waals surface area contributed by atoms with Crippen LogP contribution in [0, 0.1) is 11.6 Å². The van der Waals surface area contributed by atoms with Crippen molar-refractivity contribution in [3.8, 4) is 5.75 Å². The number of anilines is 1. The summed E-state index contributed by atoms with van der Waals surface area (Å²) in [5.74, 6) is -2.42. The summed E-state index contributed by atoms with van der Waals surface area (Å²) in [5.41, 5.74) is -0.476. The molecule has 2 aromatic rings. The lowest BCUT2D eigenvalue weighted by Crippen LogP contribution is -2.26. The van der Waals surface area contributed by atoms with E-state index in [-0.39, 0.29) is 22.4 Å². The lowest BCUT2D eigenvalue weighted by molar-refractivity contribution is 0.102. The van der Waals surface area contributed by atoms with Gasteiger partial charge < -0.3 is 10.1 Å². The Labute approximate surface area is 149 Å². The Balaban J connectivity index is 1.91. The number of halogens is 2. The molecular formula is C17H16F2N2O4S. The van der Waals surface area contributed by atoms with Gasteiger partial charge in [-0.15, -0.1) is 0 Å². The second kappa shape index (κ2) is 7.00. The first-order valence-electron chi connectivity index (χ1n) is 7.77. The smallest absolute Gasteiger partial charge is 0.258 e. The number of nitrogens with one attached hydrogen (secondary N) is 2. The monoisotopic (exact) mass is 382 g/mol. The minimum absolute atomic E-state index is 0.0276. The van der Waals surface area contributed by atoms with Crippen molar-refractivity contribution in [2.24, 2.45) is 0 Å². The van der Waals surface area contributed by atoms with E-state index < -0.39 is 33.1 Å². The van der Waals surface area contributed by atoms with Crippen LogP contribution in [0.25, 0.3) is 0 Å². The zero-order valence-corrected chi connectivity index (χ0v) is 14.6. The molecule has 2 aromatic carbocycles. The quantitative estimate of drug-likeness (QED) is 0.805. The van der Waals surface area contributed by atoms with E-state index in [9.17, 15) is 22.0 Å². The van der Waals surface area contributed by atoms with E-state index in [1.807, 2.05) is 0 Å². The van der Waals surface area contributed by atoms with Crippen molar-refractivity contribution in [3.63, 3.8) is 0 Å². The van der Waals surface area contributed by atoms with Gasteiger partial charge in [0.15, 0.2) is 0 Å². The van der Waals surface area contributed by atoms with Gasteiger partial charge in [-0.05, 0) is 49.2 Å². The summed E-state index contributed by atoms with van der Waals surface area (Å²) in [6.07, 6.45) is 1.55. The lowest BCUT2D eigenvalue weighted by atomic mass is 10.2. The summed E-state index contributed by atoms with van der Waals surface area (Å²) in [4.78, 5) is 12.2. The second-order valence-corrected chi connectivity index (χ2v) is 7.55. The van der Waals surface area contributed by atoms with E-state index >= 15 is 0 Å². The van der Waals surface area contributed by atoms with Gasteiger partial charge in [0.2, 0.25) is 10.0 Å². The maximum Gasteiger partial charge on any atom is 0.258 e. The van der Waals surface area contributed by atoms with Crippen LogP contribution in [0.1, 0.15) is 23.2 Å².